The van der Waals surface area contributed by atoms with Gasteiger partial charge in [0.15, 0.2) is 0 Å². The molecule has 1 aliphatic rings. The zero-order chi connectivity index (χ0) is 26.5. The molecule has 37 heavy (non-hydrogen) atoms. The van der Waals surface area contributed by atoms with E-state index in [0.717, 1.165) is 29.1 Å². The first-order valence-corrected chi connectivity index (χ1v) is 12.2. The molecule has 2 N–H and O–H groups in total. The molecule has 2 atom stereocenters. The van der Waals surface area contributed by atoms with E-state index in [9.17, 15) is 9.59 Å². The van der Waals surface area contributed by atoms with Crippen molar-refractivity contribution in [1.29, 1.82) is 5.26 Å². The van der Waals surface area contributed by atoms with Crippen molar-refractivity contribution in [2.45, 2.75) is 32.4 Å². The highest BCUT2D eigenvalue weighted by atomic mass is 16.2. The summed E-state index contributed by atoms with van der Waals surface area (Å²) in [6.07, 6.45) is 3.81. The van der Waals surface area contributed by atoms with Crippen LogP contribution in [0.3, 0.4) is 0 Å². The van der Waals surface area contributed by atoms with Gasteiger partial charge in [-0.05, 0) is 69.4 Å². The quantitative estimate of drug-likeness (QED) is 0.513. The van der Waals surface area contributed by atoms with E-state index in [-0.39, 0.29) is 23.9 Å². The van der Waals surface area contributed by atoms with Crippen LogP contribution in [0.5, 0.6) is 0 Å². The number of amides is 2. The van der Waals surface area contributed by atoms with Crippen LogP contribution in [0, 0.1) is 11.3 Å². The number of nitriles is 1. The lowest BCUT2D eigenvalue weighted by atomic mass is 9.89. The topological polar surface area (TPSA) is 114 Å². The number of rotatable bonds is 7. The second-order valence-corrected chi connectivity index (χ2v) is 9.48. The fourth-order valence-corrected chi connectivity index (χ4v) is 4.56. The number of anilines is 2. The second-order valence-electron chi connectivity index (χ2n) is 9.48. The van der Waals surface area contributed by atoms with Gasteiger partial charge in [-0.25, -0.2) is 4.98 Å². The largest absolute Gasteiger partial charge is 0.363 e. The highest BCUT2D eigenvalue weighted by Gasteiger charge is 2.33. The van der Waals surface area contributed by atoms with E-state index in [2.05, 4.69) is 26.7 Å². The molecule has 0 aliphatic carbocycles. The van der Waals surface area contributed by atoms with Gasteiger partial charge in [-0.15, -0.1) is 0 Å². The Kier molecular flexibility index (Phi) is 7.80. The van der Waals surface area contributed by atoms with E-state index in [1.165, 1.54) is 6.20 Å². The molecule has 0 bridgehead atoms. The van der Waals surface area contributed by atoms with E-state index in [4.69, 9.17) is 5.26 Å². The molecule has 3 heterocycles. The first kappa shape index (κ1) is 25.8. The summed E-state index contributed by atoms with van der Waals surface area (Å²) >= 11 is 0. The maximum Gasteiger partial charge on any atom is 0.252 e. The number of nitrogens with one attached hydrogen (secondary N) is 2. The number of pyridine rings is 2. The minimum atomic E-state index is -0.156. The summed E-state index contributed by atoms with van der Waals surface area (Å²) in [6.45, 7) is 4.93. The molecular formula is C28H31N7O2. The van der Waals surface area contributed by atoms with Gasteiger partial charge in [-0.3, -0.25) is 14.6 Å². The van der Waals surface area contributed by atoms with Crippen LogP contribution in [0.4, 0.5) is 11.5 Å². The van der Waals surface area contributed by atoms with Gasteiger partial charge < -0.3 is 20.4 Å². The Hall–Kier alpha value is -4.29. The molecule has 190 valence electrons. The minimum Gasteiger partial charge on any atom is -0.363 e. The number of hydrogen-bond acceptors (Lipinski definition) is 7. The van der Waals surface area contributed by atoms with E-state index in [0.29, 0.717) is 29.9 Å². The fraction of sp³-hybridized carbons (Fsp3) is 0.321. The molecule has 0 saturated heterocycles. The van der Waals surface area contributed by atoms with Crippen molar-refractivity contribution in [1.82, 2.24) is 20.2 Å². The van der Waals surface area contributed by atoms with E-state index in [1.54, 1.807) is 31.3 Å². The van der Waals surface area contributed by atoms with Crippen LogP contribution in [-0.2, 0) is 4.79 Å². The lowest BCUT2D eigenvalue weighted by molar-refractivity contribution is -0.117. The van der Waals surface area contributed by atoms with Crippen molar-refractivity contribution in [2.75, 3.05) is 37.4 Å². The molecule has 4 rings (SSSR count). The molecule has 2 amide bonds. The summed E-state index contributed by atoms with van der Waals surface area (Å²) in [4.78, 5) is 37.6. The minimum absolute atomic E-state index is 0.00449. The number of fused-ring (bicyclic) bond motifs is 1. The molecule has 9 nitrogen and oxygen atoms in total. The van der Waals surface area contributed by atoms with Gasteiger partial charge in [0.2, 0.25) is 5.91 Å². The Bertz CT molecular complexity index is 1310. The average molecular weight is 498 g/mol. The van der Waals surface area contributed by atoms with Crippen LogP contribution in [0.25, 0.3) is 11.3 Å². The van der Waals surface area contributed by atoms with Gasteiger partial charge in [-0.1, -0.05) is 6.07 Å². The maximum absolute atomic E-state index is 12.5. The van der Waals surface area contributed by atoms with Crippen molar-refractivity contribution < 1.29 is 9.59 Å². The number of likely N-dealkylation sites (N-methyl/N-ethyl adjacent to an activating group) is 1. The van der Waals surface area contributed by atoms with Crippen molar-refractivity contribution >= 4 is 23.3 Å². The number of carbonyl (C=O) groups is 2. The van der Waals surface area contributed by atoms with Crippen LogP contribution in [0.15, 0.2) is 54.9 Å². The SMILES string of the molecule is CC(=O)N1c2ccc(-c3ccc(C(=O)NCCN(C)C)cn3)cc2C(Nc2ccc(C#N)cn2)CC1C. The molecule has 0 spiro atoms. The normalized spacial score (nSPS) is 16.6. The Balaban J connectivity index is 1.61. The maximum atomic E-state index is 12.5. The third kappa shape index (κ3) is 5.93. The van der Waals surface area contributed by atoms with Gasteiger partial charge in [0, 0.05) is 49.7 Å². The monoisotopic (exact) mass is 497 g/mol. The highest BCUT2D eigenvalue weighted by Crippen LogP contribution is 2.40. The molecule has 0 radical (unpaired) electrons. The summed E-state index contributed by atoms with van der Waals surface area (Å²) in [7, 11) is 3.91. The van der Waals surface area contributed by atoms with Crippen molar-refractivity contribution in [3.8, 4) is 17.3 Å². The lowest BCUT2D eigenvalue weighted by Gasteiger charge is -2.39. The first-order valence-electron chi connectivity index (χ1n) is 12.2. The molecule has 2 aromatic heterocycles. The number of benzene rings is 1. The predicted octanol–water partition coefficient (Wildman–Crippen LogP) is 3.60. The fourth-order valence-electron chi connectivity index (χ4n) is 4.56. The summed E-state index contributed by atoms with van der Waals surface area (Å²) in [5.74, 6) is 0.488. The van der Waals surface area contributed by atoms with E-state index < -0.39 is 0 Å². The molecule has 1 aromatic carbocycles. The molecule has 1 aliphatic heterocycles. The van der Waals surface area contributed by atoms with E-state index in [1.807, 2.05) is 55.1 Å². The van der Waals surface area contributed by atoms with Crippen molar-refractivity contribution in [3.63, 3.8) is 0 Å². The predicted molar refractivity (Wildman–Crippen MR) is 143 cm³/mol. The Labute approximate surface area is 217 Å². The molecule has 0 saturated carbocycles. The van der Waals surface area contributed by atoms with Crippen LogP contribution >= 0.6 is 0 Å². The van der Waals surface area contributed by atoms with Crippen LogP contribution in [-0.4, -0.2) is 59.9 Å². The van der Waals surface area contributed by atoms with Gasteiger partial charge >= 0.3 is 0 Å². The standard InChI is InChI=1S/C28H31N7O2/c1-18-13-25(33-27-10-5-20(15-29)16-32-27)23-14-21(7-9-26(23)35(18)19(2)36)24-8-6-22(17-31-24)28(37)30-11-12-34(3)4/h5-10,14,16-18,25H,11-13H2,1-4H3,(H,30,37)(H,32,33). The molecular weight excluding hydrogens is 466 g/mol. The number of carbonyl (C=O) groups excluding carboxylic acids is 2. The summed E-state index contributed by atoms with van der Waals surface area (Å²) in [6, 6.07) is 15.0. The van der Waals surface area contributed by atoms with E-state index >= 15 is 0 Å². The molecule has 0 fully saturated rings. The molecule has 9 heteroatoms. The number of nitrogens with zero attached hydrogens (tertiary/aromatic N) is 5. The van der Waals surface area contributed by atoms with Gasteiger partial charge in [0.25, 0.3) is 5.91 Å². The summed E-state index contributed by atoms with van der Waals surface area (Å²) < 4.78 is 0. The first-order chi connectivity index (χ1) is 17.8. The summed E-state index contributed by atoms with van der Waals surface area (Å²) in [5, 5.41) is 15.4. The lowest BCUT2D eigenvalue weighted by Crippen LogP contribution is -2.43. The Morgan fingerprint density at radius 3 is 2.57 bits per heavy atom. The third-order valence-corrected chi connectivity index (χ3v) is 6.40. The number of aromatic nitrogens is 2. The van der Waals surface area contributed by atoms with Crippen molar-refractivity contribution in [3.05, 3.63) is 71.5 Å². The number of hydrogen-bond donors (Lipinski definition) is 2. The average Bonchev–Trinajstić information content (AvgIpc) is 2.88. The van der Waals surface area contributed by atoms with Gasteiger partial charge in [-0.2, -0.15) is 5.26 Å². The highest BCUT2D eigenvalue weighted by molar-refractivity contribution is 5.95. The zero-order valence-corrected chi connectivity index (χ0v) is 21.5. The van der Waals surface area contributed by atoms with Gasteiger partial charge in [0.1, 0.15) is 11.9 Å². The van der Waals surface area contributed by atoms with Crippen LogP contribution in [0.2, 0.25) is 0 Å². The zero-order valence-electron chi connectivity index (χ0n) is 21.5. The summed E-state index contributed by atoms with van der Waals surface area (Å²) in [5.41, 5.74) is 4.42. The molecule has 3 aromatic rings. The Morgan fingerprint density at radius 1 is 1.14 bits per heavy atom. The van der Waals surface area contributed by atoms with Gasteiger partial charge in [0.05, 0.1) is 22.9 Å². The van der Waals surface area contributed by atoms with Crippen LogP contribution < -0.4 is 15.5 Å². The van der Waals surface area contributed by atoms with Crippen molar-refractivity contribution in [2.24, 2.45) is 0 Å². The smallest absolute Gasteiger partial charge is 0.252 e. The third-order valence-electron chi connectivity index (χ3n) is 6.40. The molecule has 2 unspecified atom stereocenters. The Morgan fingerprint density at radius 2 is 1.95 bits per heavy atom. The van der Waals surface area contributed by atoms with Crippen LogP contribution in [0.1, 0.15) is 47.8 Å². The second kappa shape index (κ2) is 11.2.